The van der Waals surface area contributed by atoms with Crippen molar-refractivity contribution in [3.05, 3.63) is 12.4 Å². The monoisotopic (exact) mass is 332 g/mol. The van der Waals surface area contributed by atoms with Gasteiger partial charge in [0.05, 0.1) is 19.3 Å². The second-order valence-corrected chi connectivity index (χ2v) is 5.95. The van der Waals surface area contributed by atoms with Crippen LogP contribution in [-0.4, -0.2) is 50.2 Å². The molecule has 0 fully saturated rings. The highest BCUT2D eigenvalue weighted by Crippen LogP contribution is 2.22. The van der Waals surface area contributed by atoms with Crippen molar-refractivity contribution in [2.24, 2.45) is 0 Å². The molecule has 0 spiro atoms. The van der Waals surface area contributed by atoms with Crippen LogP contribution in [0, 0.1) is 0 Å². The highest BCUT2D eigenvalue weighted by Gasteiger charge is 2.41. The average molecular weight is 332 g/mol. The number of sulfonamides is 1. The van der Waals surface area contributed by atoms with Crippen molar-refractivity contribution in [3.8, 4) is 0 Å². The van der Waals surface area contributed by atoms with E-state index in [1.54, 1.807) is 0 Å². The van der Waals surface area contributed by atoms with E-state index < -0.39 is 28.9 Å². The first-order valence-corrected chi connectivity index (χ1v) is 7.56. The average Bonchev–Trinajstić information content (AvgIpc) is 2.86. The predicted octanol–water partition coefficient (Wildman–Crippen LogP) is 0.671. The van der Waals surface area contributed by atoms with Crippen molar-refractivity contribution < 1.29 is 26.0 Å². The van der Waals surface area contributed by atoms with E-state index in [0.717, 1.165) is 18.9 Å². The van der Waals surface area contributed by atoms with Gasteiger partial charge in [0.15, 0.2) is 0 Å². The largest absolute Gasteiger partial charge is 0.320 e. The van der Waals surface area contributed by atoms with Crippen LogP contribution >= 0.6 is 0 Å². The van der Waals surface area contributed by atoms with Gasteiger partial charge in [0.25, 0.3) is 0 Å². The highest BCUT2D eigenvalue weighted by atomic mass is 32.2. The van der Waals surface area contributed by atoms with Crippen LogP contribution in [0.3, 0.4) is 0 Å². The molecule has 1 aromatic heterocycles. The van der Waals surface area contributed by atoms with Crippen LogP contribution in [0.1, 0.15) is 6.92 Å². The fourth-order valence-corrected chi connectivity index (χ4v) is 2.32. The smallest absolute Gasteiger partial charge is 0.315 e. The molecule has 6 nitrogen and oxygen atoms in total. The molecule has 1 heterocycles. The van der Waals surface area contributed by atoms with Gasteiger partial charge in [-0.1, -0.05) is 6.92 Å². The summed E-state index contributed by atoms with van der Waals surface area (Å²) >= 11 is 0. The maximum Gasteiger partial charge on any atom is 0.320 e. The molecule has 0 aliphatic rings. The number of halogens is 4. The maximum absolute atomic E-state index is 12.7. The normalized spacial score (nSPS) is 13.0. The highest BCUT2D eigenvalue weighted by molar-refractivity contribution is 7.89. The summed E-state index contributed by atoms with van der Waals surface area (Å²) in [5.74, 6) is -4.42. The molecule has 0 radical (unpaired) electrons. The van der Waals surface area contributed by atoms with E-state index in [1.165, 1.54) is 9.40 Å². The number of hydrogen-bond acceptors (Lipinski definition) is 4. The van der Waals surface area contributed by atoms with Crippen LogP contribution in [0.4, 0.5) is 17.6 Å². The third-order valence-corrected chi connectivity index (χ3v) is 3.86. The van der Waals surface area contributed by atoms with Gasteiger partial charge in [-0.2, -0.15) is 13.9 Å². The van der Waals surface area contributed by atoms with Crippen LogP contribution in [0.5, 0.6) is 0 Å². The second-order valence-electron chi connectivity index (χ2n) is 4.18. The van der Waals surface area contributed by atoms with E-state index in [2.05, 4.69) is 10.4 Å². The minimum Gasteiger partial charge on any atom is -0.315 e. The van der Waals surface area contributed by atoms with Crippen molar-refractivity contribution in [3.63, 3.8) is 0 Å². The molecule has 0 unspecified atom stereocenters. The Kier molecular flexibility index (Phi) is 6.10. The molecular formula is C10H16F4N4O2S. The first kappa shape index (κ1) is 17.9. The molecule has 0 saturated carbocycles. The Morgan fingerprint density at radius 1 is 1.43 bits per heavy atom. The van der Waals surface area contributed by atoms with E-state index in [4.69, 9.17) is 0 Å². The molecule has 0 amide bonds. The van der Waals surface area contributed by atoms with Gasteiger partial charge in [-0.05, 0) is 6.54 Å². The van der Waals surface area contributed by atoms with E-state index in [1.807, 2.05) is 6.92 Å². The van der Waals surface area contributed by atoms with E-state index >= 15 is 0 Å². The van der Waals surface area contributed by atoms with Crippen LogP contribution in [-0.2, 0) is 16.6 Å². The van der Waals surface area contributed by atoms with Gasteiger partial charge in [-0.25, -0.2) is 21.9 Å². The molecule has 21 heavy (non-hydrogen) atoms. The molecule has 1 rings (SSSR count). The van der Waals surface area contributed by atoms with Crippen molar-refractivity contribution in [2.45, 2.75) is 30.7 Å². The third-order valence-electron chi connectivity index (χ3n) is 2.50. The van der Waals surface area contributed by atoms with Crippen LogP contribution in [0.25, 0.3) is 0 Å². The summed E-state index contributed by atoms with van der Waals surface area (Å²) in [6, 6.07) is 0. The number of aromatic nitrogens is 2. The zero-order valence-electron chi connectivity index (χ0n) is 11.2. The number of alkyl halides is 4. The number of nitrogens with one attached hydrogen (secondary N) is 2. The van der Waals surface area contributed by atoms with E-state index in [-0.39, 0.29) is 4.90 Å². The summed E-state index contributed by atoms with van der Waals surface area (Å²) in [7, 11) is -4.30. The summed E-state index contributed by atoms with van der Waals surface area (Å²) in [6.07, 6.45) is -1.84. The Morgan fingerprint density at radius 2 is 2.10 bits per heavy atom. The number of likely N-dealkylation sites (N-methyl/N-ethyl adjacent to an activating group) is 1. The molecule has 0 atom stereocenters. The molecule has 0 aliphatic carbocycles. The van der Waals surface area contributed by atoms with Crippen LogP contribution < -0.4 is 10.0 Å². The van der Waals surface area contributed by atoms with Crippen molar-refractivity contribution >= 4 is 10.0 Å². The summed E-state index contributed by atoms with van der Waals surface area (Å²) in [6.45, 7) is 1.89. The first-order valence-electron chi connectivity index (χ1n) is 6.08. The zero-order valence-corrected chi connectivity index (χ0v) is 12.0. The third kappa shape index (κ3) is 5.25. The molecule has 0 aliphatic heterocycles. The van der Waals surface area contributed by atoms with Gasteiger partial charge in [0, 0.05) is 12.7 Å². The lowest BCUT2D eigenvalue weighted by molar-refractivity contribution is -0.122. The number of hydrogen-bond donors (Lipinski definition) is 2. The fourth-order valence-electron chi connectivity index (χ4n) is 1.33. The Labute approximate surface area is 119 Å². The Balaban J connectivity index is 2.66. The zero-order chi connectivity index (χ0) is 16.1. The fraction of sp³-hybridized carbons (Fsp3) is 0.700. The van der Waals surface area contributed by atoms with Crippen molar-refractivity contribution in [2.75, 3.05) is 19.6 Å². The summed E-state index contributed by atoms with van der Waals surface area (Å²) in [4.78, 5) is -0.357. The maximum atomic E-state index is 12.7. The topological polar surface area (TPSA) is 76.0 Å². The summed E-state index contributed by atoms with van der Waals surface area (Å²) in [5, 5.41) is 6.75. The number of nitrogens with zero attached hydrogens (tertiary/aromatic N) is 2. The van der Waals surface area contributed by atoms with Gasteiger partial charge in [-0.3, -0.25) is 4.68 Å². The van der Waals surface area contributed by atoms with E-state index in [0.29, 0.717) is 13.1 Å². The van der Waals surface area contributed by atoms with Crippen LogP contribution in [0.15, 0.2) is 17.3 Å². The minimum atomic E-state index is -4.42. The Hall–Kier alpha value is -1.20. The standard InChI is InChI=1S/C10H16F4N4O2S/c1-2-15-3-4-18-6-8(5-16-18)21(19,20)17-7-10(13,14)9(11)12/h5-6,9,15,17H,2-4,7H2,1H3. The van der Waals surface area contributed by atoms with Gasteiger partial charge in [0.1, 0.15) is 4.90 Å². The SMILES string of the molecule is CCNCCn1cc(S(=O)(=O)NCC(F)(F)C(F)F)cn1. The molecule has 2 N–H and O–H groups in total. The predicted molar refractivity (Wildman–Crippen MR) is 66.9 cm³/mol. The van der Waals surface area contributed by atoms with Gasteiger partial charge < -0.3 is 5.32 Å². The molecule has 1 aromatic rings. The van der Waals surface area contributed by atoms with Crippen molar-refractivity contribution in [1.82, 2.24) is 19.8 Å². The van der Waals surface area contributed by atoms with Gasteiger partial charge >= 0.3 is 12.3 Å². The van der Waals surface area contributed by atoms with Crippen LogP contribution in [0.2, 0.25) is 0 Å². The number of rotatable bonds is 9. The molecule has 0 aromatic carbocycles. The summed E-state index contributed by atoms with van der Waals surface area (Å²) in [5.41, 5.74) is 0. The van der Waals surface area contributed by atoms with E-state index in [9.17, 15) is 26.0 Å². The van der Waals surface area contributed by atoms with Crippen molar-refractivity contribution in [1.29, 1.82) is 0 Å². The summed E-state index contributed by atoms with van der Waals surface area (Å²) < 4.78 is 75.4. The quantitative estimate of drug-likeness (QED) is 0.515. The Bertz CT molecular complexity index is 547. The molecule has 0 bridgehead atoms. The lowest BCUT2D eigenvalue weighted by atomic mass is 10.4. The first-order chi connectivity index (χ1) is 9.69. The van der Waals surface area contributed by atoms with Gasteiger partial charge in [-0.15, -0.1) is 0 Å². The molecule has 11 heteroatoms. The minimum absolute atomic E-state index is 0.357. The lowest BCUT2D eigenvalue weighted by Crippen LogP contribution is -2.41. The molecule has 122 valence electrons. The van der Waals surface area contributed by atoms with Gasteiger partial charge in [0.2, 0.25) is 10.0 Å². The molecule has 0 saturated heterocycles. The second kappa shape index (κ2) is 7.18. The molecular weight excluding hydrogens is 316 g/mol. The Morgan fingerprint density at radius 3 is 2.67 bits per heavy atom. The lowest BCUT2D eigenvalue weighted by Gasteiger charge is -2.15.